The van der Waals surface area contributed by atoms with E-state index in [-0.39, 0.29) is 5.56 Å². The van der Waals surface area contributed by atoms with Crippen molar-refractivity contribution in [2.24, 2.45) is 4.52 Å². The molecule has 0 spiro atoms. The fourth-order valence-corrected chi connectivity index (χ4v) is 2.26. The summed E-state index contributed by atoms with van der Waals surface area (Å²) in [7, 11) is -4.35. The summed E-state index contributed by atoms with van der Waals surface area (Å²) in [6.07, 6.45) is 0. The Hall–Kier alpha value is -2.12. The summed E-state index contributed by atoms with van der Waals surface area (Å²) >= 11 is 0. The molecule has 1 aromatic rings. The smallest absolute Gasteiger partial charge is 0.258 e. The molecule has 0 saturated carbocycles. The summed E-state index contributed by atoms with van der Waals surface area (Å²) in [5, 5.41) is 10.6. The Kier molecular flexibility index (Phi) is 3.11. The van der Waals surface area contributed by atoms with Crippen LogP contribution in [-0.2, 0) is 10.0 Å². The lowest BCUT2D eigenvalue weighted by Crippen LogP contribution is -2.03. The van der Waals surface area contributed by atoms with Crippen LogP contribution in [0.2, 0.25) is 0 Å². The maximum absolute atomic E-state index is 11.5. The predicted molar refractivity (Wildman–Crippen MR) is 54.2 cm³/mol. The van der Waals surface area contributed by atoms with E-state index < -0.39 is 25.5 Å². The minimum absolute atomic E-state index is 0.154. The van der Waals surface area contributed by atoms with Gasteiger partial charge >= 0.3 is 0 Å². The molecule has 84 valence electrons. The normalized spacial score (nSPS) is 10.6. The van der Waals surface area contributed by atoms with Gasteiger partial charge in [0.2, 0.25) is 0 Å². The van der Waals surface area contributed by atoms with E-state index in [4.69, 9.17) is 5.53 Å². The molecule has 1 rings (SSSR count). The molecule has 8 nitrogen and oxygen atoms in total. The Balaban J connectivity index is 3.67. The highest BCUT2D eigenvalue weighted by atomic mass is 32.2. The van der Waals surface area contributed by atoms with Crippen molar-refractivity contribution in [2.75, 3.05) is 0 Å². The number of azide groups is 1. The molecule has 0 N–H and O–H groups in total. The Labute approximate surface area is 90.3 Å². The van der Waals surface area contributed by atoms with Crippen molar-refractivity contribution in [1.82, 2.24) is 0 Å². The van der Waals surface area contributed by atoms with E-state index >= 15 is 0 Å². The number of sulfonamides is 1. The van der Waals surface area contributed by atoms with Crippen LogP contribution in [0.25, 0.3) is 10.4 Å². The van der Waals surface area contributed by atoms with Crippen LogP contribution in [0.3, 0.4) is 0 Å². The van der Waals surface area contributed by atoms with Gasteiger partial charge in [-0.05, 0) is 18.0 Å². The highest BCUT2D eigenvalue weighted by Crippen LogP contribution is 2.28. The molecule has 0 aromatic heterocycles. The van der Waals surface area contributed by atoms with Crippen molar-refractivity contribution in [3.8, 4) is 0 Å². The fraction of sp³-hybridized carbons (Fsp3) is 0.143. The van der Waals surface area contributed by atoms with E-state index in [9.17, 15) is 18.5 Å². The second-order valence-electron chi connectivity index (χ2n) is 2.83. The molecule has 0 heterocycles. The van der Waals surface area contributed by atoms with Gasteiger partial charge in [-0.3, -0.25) is 10.1 Å². The number of aryl methyl sites for hydroxylation is 1. The second kappa shape index (κ2) is 4.17. The molecule has 16 heavy (non-hydrogen) atoms. The summed E-state index contributed by atoms with van der Waals surface area (Å²) in [6.45, 7) is 1.38. The van der Waals surface area contributed by atoms with Crippen LogP contribution in [0.15, 0.2) is 27.6 Å². The first kappa shape index (κ1) is 12.0. The van der Waals surface area contributed by atoms with Gasteiger partial charge in [0.05, 0.1) is 4.92 Å². The standard InChI is InChI=1S/C7H6N4O4S/c1-5-3-2-4-6(11(12)13)7(5)16(14,15)10-9-8/h2-4H,1H3. The molecule has 0 saturated heterocycles. The molecule has 0 aliphatic carbocycles. The van der Waals surface area contributed by atoms with Crippen LogP contribution in [0.1, 0.15) is 5.56 Å². The first-order valence-corrected chi connectivity index (χ1v) is 5.39. The van der Waals surface area contributed by atoms with Gasteiger partial charge < -0.3 is 0 Å². The zero-order valence-corrected chi connectivity index (χ0v) is 8.88. The zero-order chi connectivity index (χ0) is 12.3. The second-order valence-corrected chi connectivity index (χ2v) is 4.35. The Morgan fingerprint density at radius 2 is 2.12 bits per heavy atom. The van der Waals surface area contributed by atoms with E-state index in [0.717, 1.165) is 6.07 Å². The molecule has 0 aliphatic heterocycles. The van der Waals surface area contributed by atoms with Crippen LogP contribution >= 0.6 is 0 Å². The van der Waals surface area contributed by atoms with Gasteiger partial charge in [0.15, 0.2) is 4.90 Å². The lowest BCUT2D eigenvalue weighted by Gasteiger charge is -2.02. The number of nitro benzene ring substituents is 1. The molecule has 0 fully saturated rings. The van der Waals surface area contributed by atoms with Crippen molar-refractivity contribution in [3.63, 3.8) is 0 Å². The highest BCUT2D eigenvalue weighted by Gasteiger charge is 2.26. The number of rotatable bonds is 3. The van der Waals surface area contributed by atoms with Crippen molar-refractivity contribution in [2.45, 2.75) is 11.8 Å². The minimum Gasteiger partial charge on any atom is -0.258 e. The summed E-state index contributed by atoms with van der Waals surface area (Å²) in [5.41, 5.74) is 7.64. The van der Waals surface area contributed by atoms with Crippen LogP contribution in [0.5, 0.6) is 0 Å². The average Bonchev–Trinajstić information content (AvgIpc) is 2.16. The third-order valence-corrected chi connectivity index (χ3v) is 3.12. The summed E-state index contributed by atoms with van der Waals surface area (Å²) in [4.78, 5) is 11.4. The fourth-order valence-electron chi connectivity index (χ4n) is 1.21. The highest BCUT2D eigenvalue weighted by molar-refractivity contribution is 7.90. The zero-order valence-electron chi connectivity index (χ0n) is 8.06. The van der Waals surface area contributed by atoms with Gasteiger partial charge in [-0.2, -0.15) is 0 Å². The lowest BCUT2D eigenvalue weighted by molar-refractivity contribution is -0.387. The largest absolute Gasteiger partial charge is 0.288 e. The Bertz CT molecular complexity index is 588. The lowest BCUT2D eigenvalue weighted by atomic mass is 10.2. The van der Waals surface area contributed by atoms with Crippen LogP contribution in [-0.4, -0.2) is 13.3 Å². The summed E-state index contributed by atoms with van der Waals surface area (Å²) in [5.74, 6) is 0. The summed E-state index contributed by atoms with van der Waals surface area (Å²) in [6, 6.07) is 3.77. The number of hydrogen-bond donors (Lipinski definition) is 0. The van der Waals surface area contributed by atoms with E-state index in [1.54, 1.807) is 0 Å². The number of hydrogen-bond acceptors (Lipinski definition) is 4. The molecular weight excluding hydrogens is 236 g/mol. The van der Waals surface area contributed by atoms with Crippen LogP contribution in [0, 0.1) is 17.0 Å². The average molecular weight is 242 g/mol. The summed E-state index contributed by atoms with van der Waals surface area (Å²) < 4.78 is 25.5. The van der Waals surface area contributed by atoms with Gasteiger partial charge in [0, 0.05) is 15.5 Å². The number of nitrogens with zero attached hydrogens (tertiary/aromatic N) is 4. The molecule has 0 atom stereocenters. The number of benzene rings is 1. The van der Waals surface area contributed by atoms with E-state index in [1.165, 1.54) is 19.1 Å². The van der Waals surface area contributed by atoms with E-state index in [0.29, 0.717) is 0 Å². The van der Waals surface area contributed by atoms with Gasteiger partial charge in [-0.15, -0.1) is 0 Å². The first-order valence-electron chi connectivity index (χ1n) is 3.95. The molecule has 0 aliphatic rings. The number of nitro groups is 1. The Morgan fingerprint density at radius 3 is 2.62 bits per heavy atom. The quantitative estimate of drug-likeness (QED) is 0.263. The molecule has 1 aromatic carbocycles. The van der Waals surface area contributed by atoms with E-state index in [1.807, 2.05) is 0 Å². The van der Waals surface area contributed by atoms with Gasteiger partial charge in [-0.1, -0.05) is 12.1 Å². The van der Waals surface area contributed by atoms with Crippen LogP contribution in [0.4, 0.5) is 5.69 Å². The SMILES string of the molecule is Cc1cccc([N+](=O)[O-])c1S(=O)(=O)N=[N+]=[N-]. The third kappa shape index (κ3) is 2.10. The molecule has 9 heteroatoms. The van der Waals surface area contributed by atoms with Gasteiger partial charge in [-0.25, -0.2) is 8.42 Å². The topological polar surface area (TPSA) is 126 Å². The minimum atomic E-state index is -4.35. The van der Waals surface area contributed by atoms with Crippen molar-refractivity contribution < 1.29 is 13.3 Å². The molecule has 0 amide bonds. The van der Waals surface area contributed by atoms with Gasteiger partial charge in [0.25, 0.3) is 15.7 Å². The Morgan fingerprint density at radius 1 is 1.50 bits per heavy atom. The predicted octanol–water partition coefficient (Wildman–Crippen LogP) is 1.90. The molecule has 0 radical (unpaired) electrons. The molecule has 0 bridgehead atoms. The monoisotopic (exact) mass is 242 g/mol. The molecule has 0 unspecified atom stereocenters. The van der Waals surface area contributed by atoms with Gasteiger partial charge in [0.1, 0.15) is 0 Å². The maximum Gasteiger partial charge on any atom is 0.288 e. The first-order chi connectivity index (χ1) is 7.40. The van der Waals surface area contributed by atoms with Crippen LogP contribution < -0.4 is 0 Å². The van der Waals surface area contributed by atoms with Crippen molar-refractivity contribution in [3.05, 3.63) is 44.3 Å². The third-order valence-electron chi connectivity index (χ3n) is 1.79. The van der Waals surface area contributed by atoms with Crippen molar-refractivity contribution in [1.29, 1.82) is 0 Å². The van der Waals surface area contributed by atoms with Crippen molar-refractivity contribution >= 4 is 15.7 Å². The van der Waals surface area contributed by atoms with E-state index in [2.05, 4.69) is 9.43 Å². The maximum atomic E-state index is 11.5. The molecular formula is C7H6N4O4S.